The van der Waals surface area contributed by atoms with Crippen LogP contribution in [0.4, 0.5) is 23.1 Å². The zero-order chi connectivity index (χ0) is 25.5. The van der Waals surface area contributed by atoms with E-state index in [1.165, 1.54) is 17.3 Å². The van der Waals surface area contributed by atoms with Gasteiger partial charge in [0.05, 0.1) is 36.9 Å². The van der Waals surface area contributed by atoms with Gasteiger partial charge >= 0.3 is 0 Å². The van der Waals surface area contributed by atoms with Gasteiger partial charge in [0.2, 0.25) is 5.95 Å². The minimum absolute atomic E-state index is 0.140. The van der Waals surface area contributed by atoms with Crippen LogP contribution in [0.3, 0.4) is 0 Å². The number of rotatable bonds is 9. The SMILES string of the molecule is CNC(=O)c1ccccc1Nc1nc(Nc2cc3c(cc2OC)CCC(NCCO)CC3)ncc1Cl. The second-order valence-corrected chi connectivity index (χ2v) is 8.95. The molecule has 190 valence electrons. The fraction of sp³-hybridized carbons (Fsp3) is 0.346. The van der Waals surface area contributed by atoms with Crippen molar-refractivity contribution in [3.8, 4) is 5.75 Å². The number of aromatic nitrogens is 2. The van der Waals surface area contributed by atoms with E-state index in [4.69, 9.17) is 21.4 Å². The van der Waals surface area contributed by atoms with E-state index >= 15 is 0 Å². The molecule has 1 unspecified atom stereocenters. The molecule has 9 nitrogen and oxygen atoms in total. The van der Waals surface area contributed by atoms with Crippen molar-refractivity contribution in [3.05, 3.63) is 64.3 Å². The van der Waals surface area contributed by atoms with Crippen LogP contribution in [0, 0.1) is 0 Å². The van der Waals surface area contributed by atoms with Gasteiger partial charge in [0.25, 0.3) is 5.91 Å². The number of aliphatic hydroxyl groups is 1. The molecule has 36 heavy (non-hydrogen) atoms. The van der Waals surface area contributed by atoms with Crippen molar-refractivity contribution in [1.29, 1.82) is 0 Å². The number of fused-ring (bicyclic) bond motifs is 1. The van der Waals surface area contributed by atoms with E-state index in [0.717, 1.165) is 31.4 Å². The Morgan fingerprint density at radius 3 is 2.61 bits per heavy atom. The Labute approximate surface area is 215 Å². The number of hydrogen-bond donors (Lipinski definition) is 5. The van der Waals surface area contributed by atoms with E-state index in [2.05, 4.69) is 43.4 Å². The monoisotopic (exact) mass is 510 g/mol. The lowest BCUT2D eigenvalue weighted by atomic mass is 10.0. The minimum Gasteiger partial charge on any atom is -0.495 e. The molecule has 0 saturated carbocycles. The van der Waals surface area contributed by atoms with Crippen LogP contribution in [0.1, 0.15) is 34.3 Å². The third-order valence-electron chi connectivity index (χ3n) is 6.23. The van der Waals surface area contributed by atoms with Gasteiger partial charge in [-0.15, -0.1) is 0 Å². The Hall–Kier alpha value is -3.40. The van der Waals surface area contributed by atoms with E-state index < -0.39 is 0 Å². The van der Waals surface area contributed by atoms with Crippen LogP contribution in [-0.4, -0.2) is 54.3 Å². The maximum atomic E-state index is 12.2. The average molecular weight is 511 g/mol. The lowest BCUT2D eigenvalue weighted by Crippen LogP contribution is -2.31. The fourth-order valence-electron chi connectivity index (χ4n) is 4.36. The van der Waals surface area contributed by atoms with E-state index in [0.29, 0.717) is 46.4 Å². The first-order valence-corrected chi connectivity index (χ1v) is 12.3. The summed E-state index contributed by atoms with van der Waals surface area (Å²) in [6.45, 7) is 0.746. The van der Waals surface area contributed by atoms with Crippen LogP contribution < -0.4 is 26.0 Å². The number of amides is 1. The molecule has 0 spiro atoms. The van der Waals surface area contributed by atoms with Crippen molar-refractivity contribution in [2.24, 2.45) is 0 Å². The number of ether oxygens (including phenoxy) is 1. The lowest BCUT2D eigenvalue weighted by Gasteiger charge is -2.16. The molecular formula is C26H31ClN6O3. The fourth-order valence-corrected chi connectivity index (χ4v) is 4.50. The molecule has 10 heteroatoms. The highest BCUT2D eigenvalue weighted by molar-refractivity contribution is 6.33. The number of nitrogens with one attached hydrogen (secondary N) is 4. The van der Waals surface area contributed by atoms with Gasteiger partial charge in [-0.05, 0) is 61.1 Å². The number of aryl methyl sites for hydroxylation is 2. The molecule has 0 saturated heterocycles. The van der Waals surface area contributed by atoms with Gasteiger partial charge in [0.1, 0.15) is 10.8 Å². The van der Waals surface area contributed by atoms with Gasteiger partial charge in [-0.2, -0.15) is 4.98 Å². The third-order valence-corrected chi connectivity index (χ3v) is 6.51. The summed E-state index contributed by atoms with van der Waals surface area (Å²) in [5.74, 6) is 1.20. The Morgan fingerprint density at radius 2 is 1.89 bits per heavy atom. The van der Waals surface area contributed by atoms with E-state index in [-0.39, 0.29) is 12.5 Å². The summed E-state index contributed by atoms with van der Waals surface area (Å²) in [5.41, 5.74) is 4.32. The summed E-state index contributed by atoms with van der Waals surface area (Å²) in [7, 11) is 3.22. The topological polar surface area (TPSA) is 120 Å². The first-order chi connectivity index (χ1) is 17.5. The summed E-state index contributed by atoms with van der Waals surface area (Å²) in [6, 6.07) is 11.7. The molecular weight excluding hydrogens is 480 g/mol. The number of aliphatic hydroxyl groups excluding tert-OH is 1. The van der Waals surface area contributed by atoms with E-state index in [9.17, 15) is 4.79 Å². The number of para-hydroxylation sites is 1. The standard InChI is InChI=1S/C26H31ClN6O3/c1-28-25(35)19-5-3-4-6-21(19)31-24-20(27)15-30-26(33-24)32-22-13-16-7-9-18(29-11-12-34)10-8-17(16)14-23(22)36-2/h3-6,13-15,18,29,34H,7-12H2,1-2H3,(H,28,35)(H2,30,31,32,33). The average Bonchev–Trinajstić information content (AvgIpc) is 3.10. The predicted octanol–water partition coefficient (Wildman–Crippen LogP) is 3.81. The number of benzene rings is 2. The van der Waals surface area contributed by atoms with Crippen molar-refractivity contribution in [3.63, 3.8) is 0 Å². The molecule has 1 heterocycles. The zero-order valence-electron chi connectivity index (χ0n) is 20.4. The molecule has 0 radical (unpaired) electrons. The molecule has 4 rings (SSSR count). The van der Waals surface area contributed by atoms with E-state index in [1.54, 1.807) is 32.4 Å². The largest absolute Gasteiger partial charge is 0.495 e. The number of halogens is 1. The highest BCUT2D eigenvalue weighted by atomic mass is 35.5. The van der Waals surface area contributed by atoms with Crippen LogP contribution in [-0.2, 0) is 12.8 Å². The predicted molar refractivity (Wildman–Crippen MR) is 142 cm³/mol. The molecule has 1 aliphatic rings. The molecule has 1 amide bonds. The quantitative estimate of drug-likeness (QED) is 0.276. The first-order valence-electron chi connectivity index (χ1n) is 11.9. The third kappa shape index (κ3) is 6.04. The molecule has 5 N–H and O–H groups in total. The summed E-state index contributed by atoms with van der Waals surface area (Å²) in [6.07, 6.45) is 5.37. The number of hydrogen-bond acceptors (Lipinski definition) is 8. The van der Waals surface area contributed by atoms with Crippen molar-refractivity contribution in [1.82, 2.24) is 20.6 Å². The van der Waals surface area contributed by atoms with Gasteiger partial charge in [-0.3, -0.25) is 4.79 Å². The van der Waals surface area contributed by atoms with Crippen LogP contribution in [0.25, 0.3) is 0 Å². The van der Waals surface area contributed by atoms with Crippen molar-refractivity contribution in [2.75, 3.05) is 37.9 Å². The van der Waals surface area contributed by atoms with Crippen LogP contribution in [0.15, 0.2) is 42.6 Å². The molecule has 0 fully saturated rings. The molecule has 1 aromatic heterocycles. The Balaban J connectivity index is 1.57. The van der Waals surface area contributed by atoms with Gasteiger partial charge in [-0.1, -0.05) is 23.7 Å². The highest BCUT2D eigenvalue weighted by Gasteiger charge is 2.19. The maximum absolute atomic E-state index is 12.2. The van der Waals surface area contributed by atoms with Crippen LogP contribution in [0.5, 0.6) is 5.75 Å². The molecule has 1 aliphatic carbocycles. The minimum atomic E-state index is -0.217. The van der Waals surface area contributed by atoms with Gasteiger partial charge in [0, 0.05) is 19.6 Å². The molecule has 3 aromatic rings. The zero-order valence-corrected chi connectivity index (χ0v) is 21.2. The molecule has 0 bridgehead atoms. The van der Waals surface area contributed by atoms with Crippen molar-refractivity contribution >= 4 is 40.6 Å². The first kappa shape index (κ1) is 25.7. The van der Waals surface area contributed by atoms with Gasteiger partial charge in [0.15, 0.2) is 5.82 Å². The van der Waals surface area contributed by atoms with Crippen LogP contribution in [0.2, 0.25) is 5.02 Å². The number of anilines is 4. The molecule has 2 aromatic carbocycles. The Morgan fingerprint density at radius 1 is 1.14 bits per heavy atom. The van der Waals surface area contributed by atoms with Crippen molar-refractivity contribution in [2.45, 2.75) is 31.7 Å². The molecule has 0 aliphatic heterocycles. The molecule has 1 atom stereocenters. The van der Waals surface area contributed by atoms with Gasteiger partial charge in [-0.25, -0.2) is 4.98 Å². The Kier molecular flexibility index (Phi) is 8.58. The summed E-state index contributed by atoms with van der Waals surface area (Å²) < 4.78 is 5.67. The smallest absolute Gasteiger partial charge is 0.253 e. The van der Waals surface area contributed by atoms with Gasteiger partial charge < -0.3 is 31.1 Å². The van der Waals surface area contributed by atoms with Crippen LogP contribution >= 0.6 is 11.6 Å². The maximum Gasteiger partial charge on any atom is 0.253 e. The van der Waals surface area contributed by atoms with Crippen molar-refractivity contribution < 1.29 is 14.6 Å². The number of methoxy groups -OCH3 is 1. The lowest BCUT2D eigenvalue weighted by molar-refractivity contribution is 0.0964. The number of nitrogens with zero attached hydrogens (tertiary/aromatic N) is 2. The second-order valence-electron chi connectivity index (χ2n) is 8.54. The highest BCUT2D eigenvalue weighted by Crippen LogP contribution is 2.34. The number of carbonyl (C=O) groups is 1. The Bertz CT molecular complexity index is 1220. The second kappa shape index (κ2) is 12.0. The van der Waals surface area contributed by atoms with E-state index in [1.807, 2.05) is 6.07 Å². The summed E-state index contributed by atoms with van der Waals surface area (Å²) in [4.78, 5) is 21.1. The summed E-state index contributed by atoms with van der Waals surface area (Å²) in [5, 5.41) is 21.9. The normalized spacial score (nSPS) is 14.9. The summed E-state index contributed by atoms with van der Waals surface area (Å²) >= 11 is 6.37. The number of carbonyl (C=O) groups excluding carboxylic acids is 1.